The van der Waals surface area contributed by atoms with Crippen molar-refractivity contribution in [3.63, 3.8) is 0 Å². The van der Waals surface area contributed by atoms with E-state index in [9.17, 15) is 19.2 Å². The quantitative estimate of drug-likeness (QED) is 0.175. The summed E-state index contributed by atoms with van der Waals surface area (Å²) < 4.78 is 16.9. The summed E-state index contributed by atoms with van der Waals surface area (Å²) in [6, 6.07) is 21.6. The first-order valence-electron chi connectivity index (χ1n) is 17.2. The van der Waals surface area contributed by atoms with Gasteiger partial charge in [-0.2, -0.15) is 0 Å². The zero-order chi connectivity index (χ0) is 36.1. The van der Waals surface area contributed by atoms with Crippen LogP contribution in [0.4, 0.5) is 9.59 Å². The molecule has 0 bridgehead atoms. The molecule has 4 amide bonds. The highest BCUT2D eigenvalue weighted by atomic mass is 16.6. The van der Waals surface area contributed by atoms with Crippen LogP contribution in [-0.4, -0.2) is 59.7 Å². The van der Waals surface area contributed by atoms with Crippen LogP contribution < -0.4 is 20.7 Å². The van der Waals surface area contributed by atoms with E-state index in [4.69, 9.17) is 14.2 Å². The van der Waals surface area contributed by atoms with Gasteiger partial charge in [0.25, 0.3) is 0 Å². The SMILES string of the molecule is Cc1cc(CNC(=O)C(CCCNC(=O)OCc2ccccc2)NC(=O)C2CCCN2C(=O)OC(C)(C)C)cc(C)c1OCc1ccccc1. The van der Waals surface area contributed by atoms with Crippen LogP contribution in [-0.2, 0) is 38.8 Å². The predicted octanol–water partition coefficient (Wildman–Crippen LogP) is 6.09. The highest BCUT2D eigenvalue weighted by molar-refractivity contribution is 5.91. The number of rotatable bonds is 14. The number of carbonyl (C=O) groups is 4. The maximum absolute atomic E-state index is 13.6. The minimum atomic E-state index is -0.901. The molecule has 1 heterocycles. The number of likely N-dealkylation sites (tertiary alicyclic amines) is 1. The van der Waals surface area contributed by atoms with Gasteiger partial charge < -0.3 is 30.2 Å². The minimum Gasteiger partial charge on any atom is -0.488 e. The Balaban J connectivity index is 1.36. The van der Waals surface area contributed by atoms with Crippen LogP contribution in [0, 0.1) is 13.8 Å². The van der Waals surface area contributed by atoms with Gasteiger partial charge in [-0.15, -0.1) is 0 Å². The number of nitrogens with one attached hydrogen (secondary N) is 3. The molecule has 4 rings (SSSR count). The van der Waals surface area contributed by atoms with Gasteiger partial charge in [0.1, 0.15) is 36.6 Å². The summed E-state index contributed by atoms with van der Waals surface area (Å²) in [6.45, 7) is 10.7. The molecule has 11 nitrogen and oxygen atoms in total. The zero-order valence-electron chi connectivity index (χ0n) is 29.8. The van der Waals surface area contributed by atoms with Crippen LogP contribution in [0.2, 0.25) is 0 Å². The van der Waals surface area contributed by atoms with Crippen molar-refractivity contribution in [2.24, 2.45) is 0 Å². The Morgan fingerprint density at radius 3 is 2.10 bits per heavy atom. The molecule has 1 aliphatic heterocycles. The number of benzene rings is 3. The molecule has 0 aromatic heterocycles. The minimum absolute atomic E-state index is 0.141. The lowest BCUT2D eigenvalue weighted by Crippen LogP contribution is -2.53. The first-order valence-corrected chi connectivity index (χ1v) is 17.2. The molecule has 50 heavy (non-hydrogen) atoms. The fourth-order valence-electron chi connectivity index (χ4n) is 5.80. The van der Waals surface area contributed by atoms with Crippen molar-refractivity contribution in [1.82, 2.24) is 20.9 Å². The second kappa shape index (κ2) is 18.1. The first kappa shape index (κ1) is 37.8. The highest BCUT2D eigenvalue weighted by Gasteiger charge is 2.38. The molecule has 0 spiro atoms. The van der Waals surface area contributed by atoms with Crippen molar-refractivity contribution in [3.05, 3.63) is 101 Å². The van der Waals surface area contributed by atoms with Crippen LogP contribution in [0.25, 0.3) is 0 Å². The van der Waals surface area contributed by atoms with E-state index in [0.29, 0.717) is 32.4 Å². The number of ether oxygens (including phenoxy) is 3. The van der Waals surface area contributed by atoms with Crippen molar-refractivity contribution in [3.8, 4) is 5.75 Å². The van der Waals surface area contributed by atoms with E-state index in [-0.39, 0.29) is 32.0 Å². The predicted molar refractivity (Wildman–Crippen MR) is 190 cm³/mol. The molecule has 3 aromatic carbocycles. The summed E-state index contributed by atoms with van der Waals surface area (Å²) in [7, 11) is 0. The van der Waals surface area contributed by atoms with Crippen molar-refractivity contribution in [2.75, 3.05) is 13.1 Å². The lowest BCUT2D eigenvalue weighted by atomic mass is 10.0. The molecule has 2 unspecified atom stereocenters. The summed E-state index contributed by atoms with van der Waals surface area (Å²) in [6.07, 6.45) is 0.625. The van der Waals surface area contributed by atoms with Crippen LogP contribution in [0.3, 0.4) is 0 Å². The van der Waals surface area contributed by atoms with Gasteiger partial charge in [0.05, 0.1) is 0 Å². The Morgan fingerprint density at radius 1 is 0.860 bits per heavy atom. The lowest BCUT2D eigenvalue weighted by Gasteiger charge is -2.29. The molecular formula is C39H50N4O7. The number of aryl methyl sites for hydroxylation is 2. The monoisotopic (exact) mass is 686 g/mol. The average Bonchev–Trinajstić information content (AvgIpc) is 3.58. The number of nitrogens with zero attached hydrogens (tertiary/aromatic N) is 1. The van der Waals surface area contributed by atoms with E-state index >= 15 is 0 Å². The first-order chi connectivity index (χ1) is 23.9. The van der Waals surface area contributed by atoms with Gasteiger partial charge in [0.2, 0.25) is 11.8 Å². The summed E-state index contributed by atoms with van der Waals surface area (Å²) >= 11 is 0. The van der Waals surface area contributed by atoms with E-state index in [1.165, 1.54) is 4.90 Å². The number of alkyl carbamates (subject to hydrolysis) is 1. The Bertz CT molecular complexity index is 1570. The largest absolute Gasteiger partial charge is 0.488 e. The Kier molecular flexibility index (Phi) is 13.7. The van der Waals surface area contributed by atoms with Gasteiger partial charge >= 0.3 is 12.2 Å². The van der Waals surface area contributed by atoms with Gasteiger partial charge in [-0.05, 0) is 88.1 Å². The third-order valence-corrected chi connectivity index (χ3v) is 8.18. The smallest absolute Gasteiger partial charge is 0.410 e. The zero-order valence-corrected chi connectivity index (χ0v) is 29.8. The molecule has 11 heteroatoms. The third-order valence-electron chi connectivity index (χ3n) is 8.18. The molecule has 3 N–H and O–H groups in total. The van der Waals surface area contributed by atoms with E-state index in [0.717, 1.165) is 33.6 Å². The molecule has 3 aromatic rings. The van der Waals surface area contributed by atoms with Gasteiger partial charge in [0, 0.05) is 19.6 Å². The van der Waals surface area contributed by atoms with Crippen molar-refractivity contribution in [1.29, 1.82) is 0 Å². The second-order valence-electron chi connectivity index (χ2n) is 13.6. The van der Waals surface area contributed by atoms with Gasteiger partial charge in [-0.25, -0.2) is 9.59 Å². The molecule has 1 aliphatic rings. The summed E-state index contributed by atoms with van der Waals surface area (Å²) in [4.78, 5) is 53.6. The van der Waals surface area contributed by atoms with E-state index in [1.807, 2.05) is 86.6 Å². The summed E-state index contributed by atoms with van der Waals surface area (Å²) in [5.41, 5.74) is 4.02. The van der Waals surface area contributed by atoms with Gasteiger partial charge in [-0.1, -0.05) is 72.8 Å². The number of hydrogen-bond acceptors (Lipinski definition) is 7. The van der Waals surface area contributed by atoms with Gasteiger partial charge in [0.15, 0.2) is 0 Å². The molecule has 2 atom stereocenters. The molecule has 0 aliphatic carbocycles. The molecule has 1 fully saturated rings. The molecule has 0 saturated carbocycles. The van der Waals surface area contributed by atoms with Crippen molar-refractivity contribution < 1.29 is 33.4 Å². The Labute approximate surface area is 295 Å². The van der Waals surface area contributed by atoms with Crippen molar-refractivity contribution in [2.45, 2.75) is 97.7 Å². The highest BCUT2D eigenvalue weighted by Crippen LogP contribution is 2.26. The maximum atomic E-state index is 13.6. The normalized spacial score (nSPS) is 14.7. The molecule has 0 radical (unpaired) electrons. The number of amides is 4. The summed E-state index contributed by atoms with van der Waals surface area (Å²) in [5, 5.41) is 8.55. The Hall–Kier alpha value is -5.06. The maximum Gasteiger partial charge on any atom is 0.410 e. The number of carbonyl (C=O) groups excluding carboxylic acids is 4. The topological polar surface area (TPSA) is 135 Å². The fraction of sp³-hybridized carbons (Fsp3) is 0.436. The molecule has 268 valence electrons. The Morgan fingerprint density at radius 2 is 1.48 bits per heavy atom. The second-order valence-corrected chi connectivity index (χ2v) is 13.6. The fourth-order valence-corrected chi connectivity index (χ4v) is 5.80. The average molecular weight is 687 g/mol. The van der Waals surface area contributed by atoms with E-state index in [2.05, 4.69) is 16.0 Å². The lowest BCUT2D eigenvalue weighted by molar-refractivity contribution is -0.131. The molecule has 1 saturated heterocycles. The third kappa shape index (κ3) is 11.8. The van der Waals surface area contributed by atoms with Crippen LogP contribution in [0.1, 0.15) is 74.3 Å². The van der Waals surface area contributed by atoms with Crippen LogP contribution in [0.5, 0.6) is 5.75 Å². The summed E-state index contributed by atoms with van der Waals surface area (Å²) in [5.74, 6) is 0.0110. The van der Waals surface area contributed by atoms with Gasteiger partial charge in [-0.3, -0.25) is 14.5 Å². The van der Waals surface area contributed by atoms with Crippen LogP contribution in [0.15, 0.2) is 72.8 Å². The molecular weight excluding hydrogens is 636 g/mol. The standard InChI is InChI=1S/C39H50N4O7/c1-27-22-31(23-28(2)34(27)48-25-29-14-8-6-9-15-29)24-41-35(44)32(18-12-20-40-37(46)49-26-30-16-10-7-11-17-30)42-36(45)33-19-13-21-43(33)38(47)50-39(3,4)5/h6-11,14-17,22-23,32-33H,12-13,18-21,24-26H2,1-5H3,(H,40,46)(H,41,44)(H,42,45). The number of hydrogen-bond donors (Lipinski definition) is 3. The van der Waals surface area contributed by atoms with E-state index in [1.54, 1.807) is 20.8 Å². The van der Waals surface area contributed by atoms with Crippen LogP contribution >= 0.6 is 0 Å². The van der Waals surface area contributed by atoms with Crippen molar-refractivity contribution >= 4 is 24.0 Å². The van der Waals surface area contributed by atoms with E-state index < -0.39 is 35.8 Å².